The fourth-order valence-electron chi connectivity index (χ4n) is 5.10. The van der Waals surface area contributed by atoms with Crippen molar-refractivity contribution in [3.8, 4) is 0 Å². The summed E-state index contributed by atoms with van der Waals surface area (Å²) >= 11 is 0. The number of benzene rings is 2. The van der Waals surface area contributed by atoms with Gasteiger partial charge in [0.25, 0.3) is 5.91 Å². The average Bonchev–Trinajstić information content (AvgIpc) is 3.25. The van der Waals surface area contributed by atoms with Crippen LogP contribution in [0.3, 0.4) is 0 Å². The maximum atomic E-state index is 13.3. The van der Waals surface area contributed by atoms with Crippen molar-refractivity contribution in [1.29, 1.82) is 0 Å². The molecule has 7 nitrogen and oxygen atoms in total. The summed E-state index contributed by atoms with van der Waals surface area (Å²) < 4.78 is 14.9. The van der Waals surface area contributed by atoms with Gasteiger partial charge in [0.15, 0.2) is 5.82 Å². The van der Waals surface area contributed by atoms with Gasteiger partial charge < -0.3 is 16.2 Å². The van der Waals surface area contributed by atoms with Crippen molar-refractivity contribution in [2.45, 2.75) is 39.3 Å². The highest BCUT2D eigenvalue weighted by Crippen LogP contribution is 2.37. The summed E-state index contributed by atoms with van der Waals surface area (Å²) in [5.74, 6) is -0.239. The normalized spacial score (nSPS) is 14.3. The average molecular weight is 486 g/mol. The molecule has 0 radical (unpaired) electrons. The molecule has 8 heteroatoms. The van der Waals surface area contributed by atoms with Crippen molar-refractivity contribution >= 4 is 11.7 Å². The largest absolute Gasteiger partial charge is 0.395 e. The van der Waals surface area contributed by atoms with Gasteiger partial charge in [-0.05, 0) is 77.4 Å². The summed E-state index contributed by atoms with van der Waals surface area (Å²) in [6, 6.07) is 13.6. The zero-order chi connectivity index (χ0) is 25.4. The van der Waals surface area contributed by atoms with E-state index < -0.39 is 0 Å². The predicted octanol–water partition coefficient (Wildman–Crippen LogP) is 3.62. The van der Waals surface area contributed by atoms with Crippen LogP contribution >= 0.6 is 0 Å². The Morgan fingerprint density at radius 2 is 1.92 bits per heavy atom. The van der Waals surface area contributed by atoms with Gasteiger partial charge in [0, 0.05) is 23.7 Å². The van der Waals surface area contributed by atoms with Crippen molar-refractivity contribution in [3.63, 3.8) is 0 Å². The lowest BCUT2D eigenvalue weighted by atomic mass is 9.77. The van der Waals surface area contributed by atoms with Gasteiger partial charge in [0.1, 0.15) is 5.82 Å². The molecule has 2 heterocycles. The van der Waals surface area contributed by atoms with Crippen molar-refractivity contribution < 1.29 is 14.3 Å². The van der Waals surface area contributed by atoms with Crippen molar-refractivity contribution in [2.75, 3.05) is 12.3 Å². The number of nitrogens with one attached hydrogen (secondary N) is 1. The van der Waals surface area contributed by atoms with E-state index in [4.69, 9.17) is 5.73 Å². The van der Waals surface area contributed by atoms with Gasteiger partial charge in [0.05, 0.1) is 25.5 Å². The number of nitrogen functional groups attached to an aromatic ring is 1. The summed E-state index contributed by atoms with van der Waals surface area (Å²) in [7, 11) is 0. The van der Waals surface area contributed by atoms with E-state index in [-0.39, 0.29) is 24.2 Å². The number of hydrogen-bond donors (Lipinski definition) is 3. The van der Waals surface area contributed by atoms with Crippen LogP contribution in [0.1, 0.15) is 60.9 Å². The van der Waals surface area contributed by atoms with Crippen molar-refractivity contribution in [1.82, 2.24) is 20.1 Å². The summed E-state index contributed by atoms with van der Waals surface area (Å²) in [5.41, 5.74) is 14.3. The molecule has 0 unspecified atom stereocenters. The number of aryl methyl sites for hydroxylation is 2. The maximum absolute atomic E-state index is 13.3. The topological polar surface area (TPSA) is 106 Å². The number of halogens is 1. The zero-order valence-corrected chi connectivity index (χ0v) is 20.3. The van der Waals surface area contributed by atoms with E-state index in [9.17, 15) is 14.3 Å². The number of pyridine rings is 1. The highest BCUT2D eigenvalue weighted by molar-refractivity contribution is 5.94. The van der Waals surface area contributed by atoms with Gasteiger partial charge in [-0.1, -0.05) is 24.3 Å². The Hall–Kier alpha value is -4.04. The number of fused-ring (bicyclic) bond motifs is 2. The molecule has 1 aliphatic rings. The first-order valence-corrected chi connectivity index (χ1v) is 11.9. The molecule has 2 aromatic carbocycles. The van der Waals surface area contributed by atoms with Gasteiger partial charge in [-0.3, -0.25) is 9.48 Å². The number of hydrogen-bond acceptors (Lipinski definition) is 5. The molecular formula is C28H28FN5O2. The summed E-state index contributed by atoms with van der Waals surface area (Å²) in [6.07, 6.45) is 3.19. The van der Waals surface area contributed by atoms with Crippen molar-refractivity contribution in [3.05, 3.63) is 111 Å². The van der Waals surface area contributed by atoms with Crippen molar-refractivity contribution in [2.24, 2.45) is 0 Å². The van der Waals surface area contributed by atoms with Crippen LogP contribution in [0.25, 0.3) is 0 Å². The molecule has 2 aromatic heterocycles. The standard InChI is InChI=1S/C28H28FN5O2/c1-16-7-27(30)33-17(2)25(16)12-31-28(36)19-4-6-24-21(9-19)10-20-8-18(3-5-23(20)26(24)15-35)13-34-14-22(29)11-32-34/h3-9,11,14,26,35H,10,12-13,15H2,1-2H3,(H2,30,33)(H,31,36)/t26-/m0/s1. The molecule has 4 aromatic rings. The Bertz CT molecular complexity index is 1440. The monoisotopic (exact) mass is 485 g/mol. The first-order valence-electron chi connectivity index (χ1n) is 11.9. The van der Waals surface area contributed by atoms with Crippen LogP contribution in [0, 0.1) is 19.7 Å². The van der Waals surface area contributed by atoms with Crippen LogP contribution in [0.15, 0.2) is 54.9 Å². The zero-order valence-electron chi connectivity index (χ0n) is 20.3. The van der Waals surface area contributed by atoms with Crippen LogP contribution in [0.2, 0.25) is 0 Å². The molecule has 0 saturated heterocycles. The van der Waals surface area contributed by atoms with E-state index in [0.29, 0.717) is 30.9 Å². The predicted molar refractivity (Wildman–Crippen MR) is 135 cm³/mol. The van der Waals surface area contributed by atoms with E-state index in [1.807, 2.05) is 44.2 Å². The minimum atomic E-state index is -0.369. The quantitative estimate of drug-likeness (QED) is 0.387. The number of nitrogens with zero attached hydrogens (tertiary/aromatic N) is 3. The third kappa shape index (κ3) is 4.59. The van der Waals surface area contributed by atoms with Crippen LogP contribution in [0.5, 0.6) is 0 Å². The minimum Gasteiger partial charge on any atom is -0.395 e. The third-order valence-electron chi connectivity index (χ3n) is 6.87. The summed E-state index contributed by atoms with van der Waals surface area (Å²) in [5, 5.41) is 17.2. The molecule has 5 rings (SSSR count). The highest BCUT2D eigenvalue weighted by atomic mass is 19.1. The summed E-state index contributed by atoms with van der Waals surface area (Å²) in [4.78, 5) is 17.3. The van der Waals surface area contributed by atoms with Gasteiger partial charge in [-0.15, -0.1) is 0 Å². The van der Waals surface area contributed by atoms with Crippen LogP contribution < -0.4 is 11.1 Å². The molecule has 4 N–H and O–H groups in total. The van der Waals surface area contributed by atoms with Gasteiger partial charge in [0.2, 0.25) is 0 Å². The van der Waals surface area contributed by atoms with Crippen LogP contribution in [-0.4, -0.2) is 32.4 Å². The molecular weight excluding hydrogens is 457 g/mol. The Morgan fingerprint density at radius 3 is 2.61 bits per heavy atom. The first-order chi connectivity index (χ1) is 17.3. The fraction of sp³-hybridized carbons (Fsp3) is 0.250. The second-order valence-electron chi connectivity index (χ2n) is 9.33. The molecule has 36 heavy (non-hydrogen) atoms. The molecule has 0 spiro atoms. The molecule has 0 aliphatic heterocycles. The number of carbonyl (C=O) groups is 1. The molecule has 1 aliphatic carbocycles. The molecule has 0 saturated carbocycles. The van der Waals surface area contributed by atoms with Gasteiger partial charge in [-0.25, -0.2) is 9.37 Å². The third-order valence-corrected chi connectivity index (χ3v) is 6.87. The smallest absolute Gasteiger partial charge is 0.251 e. The van der Waals surface area contributed by atoms with E-state index >= 15 is 0 Å². The number of anilines is 1. The lowest BCUT2D eigenvalue weighted by Crippen LogP contribution is -2.25. The SMILES string of the molecule is Cc1cc(N)nc(C)c1CNC(=O)c1ccc2c(c1)Cc1cc(Cn3cc(F)cn3)ccc1[C@@H]2CO. The lowest BCUT2D eigenvalue weighted by Gasteiger charge is -2.28. The number of aliphatic hydroxyl groups excluding tert-OH is 1. The second kappa shape index (κ2) is 9.54. The van der Waals surface area contributed by atoms with E-state index in [2.05, 4.69) is 21.5 Å². The Labute approximate surface area is 208 Å². The van der Waals surface area contributed by atoms with E-state index in [0.717, 1.165) is 44.6 Å². The Kier molecular flexibility index (Phi) is 6.28. The highest BCUT2D eigenvalue weighted by Gasteiger charge is 2.26. The fourth-order valence-corrected chi connectivity index (χ4v) is 5.10. The number of nitrogens with two attached hydrogens (primary N) is 1. The molecule has 184 valence electrons. The first kappa shape index (κ1) is 23.7. The number of rotatable bonds is 6. The molecule has 1 amide bonds. The molecule has 1 atom stereocenters. The maximum Gasteiger partial charge on any atom is 0.251 e. The Morgan fingerprint density at radius 1 is 1.17 bits per heavy atom. The Balaban J connectivity index is 1.37. The summed E-state index contributed by atoms with van der Waals surface area (Å²) in [6.45, 7) is 4.62. The van der Waals surface area contributed by atoms with E-state index in [1.165, 1.54) is 12.4 Å². The molecule has 0 bridgehead atoms. The second-order valence-corrected chi connectivity index (χ2v) is 9.33. The number of carbonyl (C=O) groups excluding carboxylic acids is 1. The lowest BCUT2D eigenvalue weighted by molar-refractivity contribution is 0.0950. The number of amides is 1. The molecule has 0 fully saturated rings. The van der Waals surface area contributed by atoms with Crippen LogP contribution in [0.4, 0.5) is 10.2 Å². The van der Waals surface area contributed by atoms with Gasteiger partial charge in [-0.2, -0.15) is 5.10 Å². The minimum absolute atomic E-state index is 0.0298. The van der Waals surface area contributed by atoms with E-state index in [1.54, 1.807) is 10.7 Å². The number of aromatic nitrogens is 3. The van der Waals surface area contributed by atoms with Crippen LogP contribution in [-0.2, 0) is 19.5 Å². The van der Waals surface area contributed by atoms with Gasteiger partial charge >= 0.3 is 0 Å². The number of aliphatic hydroxyl groups is 1.